The van der Waals surface area contributed by atoms with Crippen LogP contribution < -0.4 is 4.74 Å². The van der Waals surface area contributed by atoms with E-state index in [1.54, 1.807) is 7.11 Å². The van der Waals surface area contributed by atoms with Gasteiger partial charge in [-0.05, 0) is 85.5 Å². The number of fused-ring (bicyclic) bond motifs is 1. The Morgan fingerprint density at radius 1 is 1.00 bits per heavy atom. The third kappa shape index (κ3) is 4.91. The second kappa shape index (κ2) is 9.96. The maximum atomic E-state index is 13.4. The number of carbonyl (C=O) groups excluding carboxylic acids is 1. The van der Waals surface area contributed by atoms with Crippen LogP contribution in [-0.2, 0) is 6.42 Å². The van der Waals surface area contributed by atoms with Crippen molar-refractivity contribution < 1.29 is 9.53 Å². The summed E-state index contributed by atoms with van der Waals surface area (Å²) in [6, 6.07) is 14.7. The molecule has 3 aliphatic rings. The second-order valence-electron chi connectivity index (χ2n) is 9.62. The molecule has 0 unspecified atom stereocenters. The van der Waals surface area contributed by atoms with Crippen molar-refractivity contribution in [1.29, 1.82) is 0 Å². The molecule has 0 radical (unpaired) electrons. The van der Waals surface area contributed by atoms with Crippen molar-refractivity contribution in [3.63, 3.8) is 0 Å². The molecule has 1 amide bonds. The average Bonchev–Trinajstić information content (AvgIpc) is 3.19. The van der Waals surface area contributed by atoms with Crippen molar-refractivity contribution in [1.82, 2.24) is 9.80 Å². The van der Waals surface area contributed by atoms with Gasteiger partial charge in [0.25, 0.3) is 5.91 Å². The summed E-state index contributed by atoms with van der Waals surface area (Å²) >= 11 is 0. The summed E-state index contributed by atoms with van der Waals surface area (Å²) < 4.78 is 5.29. The Morgan fingerprint density at radius 3 is 2.61 bits per heavy atom. The Kier molecular flexibility index (Phi) is 6.63. The Balaban J connectivity index is 1.15. The van der Waals surface area contributed by atoms with Crippen LogP contribution in [0.4, 0.5) is 0 Å². The molecule has 5 rings (SSSR count). The van der Waals surface area contributed by atoms with Gasteiger partial charge in [0.2, 0.25) is 0 Å². The van der Waals surface area contributed by atoms with Crippen LogP contribution in [0, 0.1) is 5.92 Å². The van der Waals surface area contributed by atoms with Gasteiger partial charge in [-0.25, -0.2) is 0 Å². The van der Waals surface area contributed by atoms with E-state index in [9.17, 15) is 4.79 Å². The molecule has 2 aromatic carbocycles. The molecule has 2 heterocycles. The molecule has 0 N–H and O–H groups in total. The topological polar surface area (TPSA) is 32.8 Å². The maximum absolute atomic E-state index is 13.4. The number of likely N-dealkylation sites (tertiary alicyclic amines) is 2. The van der Waals surface area contributed by atoms with Gasteiger partial charge in [0.15, 0.2) is 0 Å². The summed E-state index contributed by atoms with van der Waals surface area (Å²) in [6.45, 7) is 5.15. The van der Waals surface area contributed by atoms with Gasteiger partial charge in [0.1, 0.15) is 5.75 Å². The average molecular weight is 443 g/mol. The van der Waals surface area contributed by atoms with Crippen molar-refractivity contribution in [2.24, 2.45) is 5.92 Å². The van der Waals surface area contributed by atoms with Gasteiger partial charge >= 0.3 is 0 Å². The van der Waals surface area contributed by atoms with E-state index in [4.69, 9.17) is 4.74 Å². The van der Waals surface area contributed by atoms with Gasteiger partial charge in [0.05, 0.1) is 7.11 Å². The number of rotatable bonds is 5. The van der Waals surface area contributed by atoms with Crippen molar-refractivity contribution in [2.75, 3.05) is 39.8 Å². The number of benzene rings is 2. The first-order valence-corrected chi connectivity index (χ1v) is 12.3. The third-order valence-corrected chi connectivity index (χ3v) is 7.54. The van der Waals surface area contributed by atoms with E-state index in [0.717, 1.165) is 62.4 Å². The summed E-state index contributed by atoms with van der Waals surface area (Å²) in [5.41, 5.74) is 4.62. The zero-order valence-electron chi connectivity index (χ0n) is 19.6. The number of nitrogens with zero attached hydrogens (tertiary/aromatic N) is 2. The first-order valence-electron chi connectivity index (χ1n) is 12.3. The molecule has 2 aliphatic heterocycles. The molecule has 172 valence electrons. The van der Waals surface area contributed by atoms with E-state index in [1.807, 2.05) is 18.2 Å². The molecule has 0 aromatic heterocycles. The zero-order chi connectivity index (χ0) is 22.6. The fraction of sp³-hybridized carbons (Fsp3) is 0.414. The van der Waals surface area contributed by atoms with E-state index >= 15 is 0 Å². The molecule has 0 bridgehead atoms. The molecule has 4 heteroatoms. The lowest BCUT2D eigenvalue weighted by molar-refractivity contribution is 0.0781. The maximum Gasteiger partial charge on any atom is 0.254 e. The molecule has 4 nitrogen and oxygen atoms in total. The predicted molar refractivity (Wildman–Crippen MR) is 134 cm³/mol. The number of amides is 1. The van der Waals surface area contributed by atoms with Crippen molar-refractivity contribution in [3.8, 4) is 5.75 Å². The first-order chi connectivity index (χ1) is 16.2. The fourth-order valence-electron chi connectivity index (χ4n) is 5.63. The highest BCUT2D eigenvalue weighted by atomic mass is 16.5. The van der Waals surface area contributed by atoms with Gasteiger partial charge < -0.3 is 14.5 Å². The fourth-order valence-corrected chi connectivity index (χ4v) is 5.63. The minimum Gasteiger partial charge on any atom is -0.497 e. The lowest BCUT2D eigenvalue weighted by Crippen LogP contribution is -2.38. The normalized spacial score (nSPS) is 21.1. The number of ether oxygens (including phenoxy) is 1. The van der Waals surface area contributed by atoms with Gasteiger partial charge in [-0.3, -0.25) is 4.79 Å². The molecule has 2 aromatic rings. The van der Waals surface area contributed by atoms with Crippen molar-refractivity contribution >= 4 is 12.0 Å². The number of hydrogen-bond donors (Lipinski definition) is 0. The lowest BCUT2D eigenvalue weighted by atomic mass is 9.89. The highest BCUT2D eigenvalue weighted by molar-refractivity contribution is 5.98. The van der Waals surface area contributed by atoms with E-state index in [-0.39, 0.29) is 5.91 Å². The highest BCUT2D eigenvalue weighted by Gasteiger charge is 2.30. The Morgan fingerprint density at radius 2 is 1.82 bits per heavy atom. The van der Waals surface area contributed by atoms with Crippen LogP contribution in [0.3, 0.4) is 0 Å². The van der Waals surface area contributed by atoms with Gasteiger partial charge in [-0.15, -0.1) is 0 Å². The van der Waals surface area contributed by atoms with Crippen LogP contribution in [0.25, 0.3) is 6.08 Å². The smallest absolute Gasteiger partial charge is 0.254 e. The van der Waals surface area contributed by atoms with Gasteiger partial charge in [0, 0.05) is 25.2 Å². The largest absolute Gasteiger partial charge is 0.497 e. The second-order valence-corrected chi connectivity index (χ2v) is 9.62. The molecule has 1 atom stereocenters. The molecular weight excluding hydrogens is 408 g/mol. The number of hydrogen-bond acceptors (Lipinski definition) is 3. The van der Waals surface area contributed by atoms with Crippen LogP contribution in [-0.4, -0.2) is 55.5 Å². The molecule has 0 saturated carbocycles. The summed E-state index contributed by atoms with van der Waals surface area (Å²) in [5.74, 6) is 2.34. The minimum absolute atomic E-state index is 0.194. The molecule has 33 heavy (non-hydrogen) atoms. The van der Waals surface area contributed by atoms with Crippen LogP contribution >= 0.6 is 0 Å². The quantitative estimate of drug-likeness (QED) is 0.641. The highest BCUT2D eigenvalue weighted by Crippen LogP contribution is 2.31. The predicted octanol–water partition coefficient (Wildman–Crippen LogP) is 5.16. The summed E-state index contributed by atoms with van der Waals surface area (Å²) in [5, 5.41) is 0. The number of carbonyl (C=O) groups is 1. The van der Waals surface area contributed by atoms with E-state index in [2.05, 4.69) is 58.4 Å². The summed E-state index contributed by atoms with van der Waals surface area (Å²) in [7, 11) is 1.72. The monoisotopic (exact) mass is 442 g/mol. The molecule has 2 fully saturated rings. The molecular formula is C29H34N2O2. The van der Waals surface area contributed by atoms with E-state index in [1.165, 1.54) is 24.0 Å². The molecule has 1 aliphatic carbocycles. The zero-order valence-corrected chi connectivity index (χ0v) is 19.6. The van der Waals surface area contributed by atoms with Crippen LogP contribution in [0.15, 0.2) is 60.7 Å². The Bertz CT molecular complexity index is 1030. The minimum atomic E-state index is 0.194. The number of allylic oxidation sites excluding steroid dienone is 3. The summed E-state index contributed by atoms with van der Waals surface area (Å²) in [4.78, 5) is 18.1. The van der Waals surface area contributed by atoms with E-state index < -0.39 is 0 Å². The molecule has 2 saturated heterocycles. The number of piperidine rings is 1. The van der Waals surface area contributed by atoms with Crippen LogP contribution in [0.5, 0.6) is 5.75 Å². The van der Waals surface area contributed by atoms with Crippen molar-refractivity contribution in [2.45, 2.75) is 31.6 Å². The standard InChI is InChI=1S/C29H34N2O2/c1-33-26-12-10-23(11-13-26)24-15-17-30(18-16-24)20-22-14-19-31(21-22)29(32)28-9-5-7-25-6-3-2-4-8-27(25)28/h2-5,7-13,22,24H,6,14-21H2,1H3/t22-/m1/s1. The SMILES string of the molecule is COc1ccc(C2CCN(C[C@H]3CCN(C(=O)c4cccc5c4C=CC=CC5)C3)CC2)cc1. The summed E-state index contributed by atoms with van der Waals surface area (Å²) in [6.07, 6.45) is 12.8. The number of methoxy groups -OCH3 is 1. The Hall–Kier alpha value is -2.85. The van der Waals surface area contributed by atoms with Crippen molar-refractivity contribution in [3.05, 3.63) is 82.9 Å². The van der Waals surface area contributed by atoms with Crippen LogP contribution in [0.1, 0.15) is 52.2 Å². The van der Waals surface area contributed by atoms with Gasteiger partial charge in [-0.2, -0.15) is 0 Å². The lowest BCUT2D eigenvalue weighted by Gasteiger charge is -2.33. The first kappa shape index (κ1) is 22.0. The third-order valence-electron chi connectivity index (χ3n) is 7.54. The van der Waals surface area contributed by atoms with E-state index in [0.29, 0.717) is 11.8 Å². The van der Waals surface area contributed by atoms with Gasteiger partial charge in [-0.1, -0.05) is 48.6 Å². The Labute approximate surface area is 197 Å². The molecule has 0 spiro atoms. The van der Waals surface area contributed by atoms with Crippen LogP contribution in [0.2, 0.25) is 0 Å².